The van der Waals surface area contributed by atoms with Crippen molar-refractivity contribution in [2.75, 3.05) is 6.61 Å². The molecule has 1 fully saturated rings. The predicted octanol–water partition coefficient (Wildman–Crippen LogP) is 1.43. The molecule has 0 saturated carbocycles. The zero-order valence-electron chi connectivity index (χ0n) is 12.8. The first kappa shape index (κ1) is 17.3. The molecule has 2 N–H and O–H groups in total. The van der Waals surface area contributed by atoms with Gasteiger partial charge in [0.25, 0.3) is 0 Å². The fourth-order valence-corrected chi connectivity index (χ4v) is 1.74. The number of hydrogen-bond acceptors (Lipinski definition) is 5. The number of nitrogens with zero attached hydrogens (tertiary/aromatic N) is 4. The molecule has 1 rings (SSSR count). The van der Waals surface area contributed by atoms with Crippen molar-refractivity contribution in [1.29, 1.82) is 0 Å². The molecule has 21 heavy (non-hydrogen) atoms. The van der Waals surface area contributed by atoms with Gasteiger partial charge in [-0.05, 0) is 34.6 Å². The molecule has 1 aliphatic rings. The molecule has 9 nitrogen and oxygen atoms in total. The number of hydrazine groups is 2. The minimum atomic E-state index is -0.601. The molecule has 1 saturated heterocycles. The van der Waals surface area contributed by atoms with Crippen LogP contribution in [0.2, 0.25) is 0 Å². The highest BCUT2D eigenvalue weighted by molar-refractivity contribution is 6.21. The molecule has 0 bridgehead atoms. The molecule has 0 aliphatic carbocycles. The summed E-state index contributed by atoms with van der Waals surface area (Å²) in [4.78, 5) is 23.8. The van der Waals surface area contributed by atoms with Crippen LogP contribution in [0, 0.1) is 0 Å². The van der Waals surface area contributed by atoms with Gasteiger partial charge in [-0.15, -0.1) is 9.63 Å². The number of carbonyl (C=O) groups excluding carboxylic acids is 2. The van der Waals surface area contributed by atoms with Crippen LogP contribution < -0.4 is 10.7 Å². The van der Waals surface area contributed by atoms with Crippen molar-refractivity contribution in [3.8, 4) is 0 Å². The monoisotopic (exact) mass is 320 g/mol. The number of ether oxygens (including phenoxy) is 1. The van der Waals surface area contributed by atoms with E-state index < -0.39 is 23.8 Å². The number of hydrazone groups is 1. The molecule has 0 aromatic carbocycles. The number of rotatable bonds is 4. The van der Waals surface area contributed by atoms with Gasteiger partial charge in [0, 0.05) is 17.3 Å². The Labute approximate surface area is 128 Å². The maximum atomic E-state index is 11.9. The number of urea groups is 2. The molecule has 1 unspecified atom stereocenters. The van der Waals surface area contributed by atoms with Crippen molar-refractivity contribution in [3.05, 3.63) is 0 Å². The van der Waals surface area contributed by atoms with Crippen molar-refractivity contribution in [2.45, 2.75) is 46.3 Å². The van der Waals surface area contributed by atoms with E-state index >= 15 is 0 Å². The third-order valence-electron chi connectivity index (χ3n) is 2.37. The third kappa shape index (κ3) is 4.64. The molecule has 0 aromatic heterocycles. The second kappa shape index (κ2) is 6.81. The van der Waals surface area contributed by atoms with Gasteiger partial charge in [0.15, 0.2) is 6.40 Å². The van der Waals surface area contributed by atoms with E-state index in [1.807, 2.05) is 20.8 Å². The number of amides is 4. The van der Waals surface area contributed by atoms with Crippen molar-refractivity contribution in [1.82, 2.24) is 25.4 Å². The lowest BCUT2D eigenvalue weighted by atomic mass is 10.1. The van der Waals surface area contributed by atoms with Gasteiger partial charge in [0.2, 0.25) is 0 Å². The van der Waals surface area contributed by atoms with E-state index in [9.17, 15) is 9.59 Å². The highest BCUT2D eigenvalue weighted by Gasteiger charge is 2.43. The van der Waals surface area contributed by atoms with Crippen LogP contribution >= 0.6 is 11.8 Å². The van der Waals surface area contributed by atoms with E-state index in [1.165, 1.54) is 0 Å². The third-order valence-corrected chi connectivity index (χ3v) is 2.68. The smallest absolute Gasteiger partial charge is 0.373 e. The zero-order chi connectivity index (χ0) is 16.2. The SMILES string of the molecule is CCOC=NN1C(=O)N(Cl)N(NC(=O)NC(C)(C)C)C1C. The molecule has 120 valence electrons. The molecule has 0 radical (unpaired) electrons. The first-order valence-electron chi connectivity index (χ1n) is 6.48. The maximum absolute atomic E-state index is 11.9. The molecule has 0 aromatic rings. The summed E-state index contributed by atoms with van der Waals surface area (Å²) in [6.45, 7) is 9.38. The van der Waals surface area contributed by atoms with Gasteiger partial charge in [-0.1, -0.05) is 5.12 Å². The van der Waals surface area contributed by atoms with Gasteiger partial charge in [0.05, 0.1) is 6.61 Å². The fraction of sp³-hybridized carbons (Fsp3) is 0.727. The molecule has 1 heterocycles. The van der Waals surface area contributed by atoms with Crippen LogP contribution in [-0.4, -0.2) is 51.4 Å². The van der Waals surface area contributed by atoms with Gasteiger partial charge in [-0.25, -0.2) is 15.0 Å². The lowest BCUT2D eigenvalue weighted by molar-refractivity contribution is 0.0281. The number of hydrogen-bond donors (Lipinski definition) is 2. The van der Waals surface area contributed by atoms with E-state index in [1.54, 1.807) is 13.8 Å². The second-order valence-electron chi connectivity index (χ2n) is 5.36. The Morgan fingerprint density at radius 3 is 2.67 bits per heavy atom. The fourth-order valence-electron chi connectivity index (χ4n) is 1.50. The van der Waals surface area contributed by atoms with Crippen LogP contribution in [-0.2, 0) is 4.74 Å². The van der Waals surface area contributed by atoms with E-state index in [-0.39, 0.29) is 0 Å². The average Bonchev–Trinajstić information content (AvgIpc) is 2.54. The number of carbonyl (C=O) groups is 2. The van der Waals surface area contributed by atoms with Crippen LogP contribution in [0.4, 0.5) is 9.59 Å². The highest BCUT2D eigenvalue weighted by atomic mass is 35.5. The Morgan fingerprint density at radius 2 is 2.14 bits per heavy atom. The van der Waals surface area contributed by atoms with Gasteiger partial charge >= 0.3 is 12.1 Å². The van der Waals surface area contributed by atoms with Crippen molar-refractivity contribution < 1.29 is 14.3 Å². The van der Waals surface area contributed by atoms with Crippen molar-refractivity contribution in [3.63, 3.8) is 0 Å². The van der Waals surface area contributed by atoms with Crippen LogP contribution in [0.15, 0.2) is 5.10 Å². The van der Waals surface area contributed by atoms with Gasteiger partial charge in [-0.3, -0.25) is 0 Å². The molecule has 10 heteroatoms. The summed E-state index contributed by atoms with van der Waals surface area (Å²) in [5.41, 5.74) is 2.07. The van der Waals surface area contributed by atoms with Crippen LogP contribution in [0.5, 0.6) is 0 Å². The van der Waals surface area contributed by atoms with Crippen molar-refractivity contribution >= 4 is 30.2 Å². The van der Waals surface area contributed by atoms with Crippen LogP contribution in [0.1, 0.15) is 34.6 Å². The molecule has 1 atom stereocenters. The minimum absolute atomic E-state index is 0.416. The Balaban J connectivity index is 2.71. The lowest BCUT2D eigenvalue weighted by Gasteiger charge is -2.27. The van der Waals surface area contributed by atoms with Crippen LogP contribution in [0.3, 0.4) is 0 Å². The van der Waals surface area contributed by atoms with Gasteiger partial charge in [-0.2, -0.15) is 5.01 Å². The topological polar surface area (TPSA) is 89.5 Å². The Morgan fingerprint density at radius 1 is 1.52 bits per heavy atom. The normalized spacial score (nSPS) is 20.3. The Hall–Kier alpha value is -1.74. The Kier molecular flexibility index (Phi) is 5.62. The van der Waals surface area contributed by atoms with E-state index in [0.717, 1.165) is 21.1 Å². The molecule has 1 aliphatic heterocycles. The second-order valence-corrected chi connectivity index (χ2v) is 5.68. The van der Waals surface area contributed by atoms with Gasteiger partial charge in [0.1, 0.15) is 6.17 Å². The summed E-state index contributed by atoms with van der Waals surface area (Å²) in [6, 6.07) is -1.08. The summed E-state index contributed by atoms with van der Waals surface area (Å²) in [6.07, 6.45) is 0.551. The van der Waals surface area contributed by atoms with E-state index in [4.69, 9.17) is 16.5 Å². The van der Waals surface area contributed by atoms with E-state index in [0.29, 0.717) is 6.61 Å². The van der Waals surface area contributed by atoms with Crippen molar-refractivity contribution in [2.24, 2.45) is 5.10 Å². The largest absolute Gasteiger partial charge is 0.482 e. The maximum Gasteiger partial charge on any atom is 0.373 e. The summed E-state index contributed by atoms with van der Waals surface area (Å²) >= 11 is 5.86. The quantitative estimate of drug-likeness (QED) is 0.466. The Bertz CT molecular complexity index is 425. The summed E-state index contributed by atoms with van der Waals surface area (Å²) in [5.74, 6) is 0. The minimum Gasteiger partial charge on any atom is -0.482 e. The first-order valence-corrected chi connectivity index (χ1v) is 6.82. The molecular weight excluding hydrogens is 300 g/mol. The van der Waals surface area contributed by atoms with E-state index in [2.05, 4.69) is 15.8 Å². The standard InChI is InChI=1S/C11H21ClN6O3/c1-6-21-7-13-16-8(2)18(17(12)10(16)20)15-9(19)14-11(3,4)5/h7-8H,6H2,1-5H3,(H2,14,15,19). The molecular formula is C11H21ClN6O3. The molecule has 0 spiro atoms. The zero-order valence-corrected chi connectivity index (χ0v) is 13.5. The number of halogens is 1. The lowest BCUT2D eigenvalue weighted by Crippen LogP contribution is -2.56. The summed E-state index contributed by atoms with van der Waals surface area (Å²) in [7, 11) is 0. The average molecular weight is 321 g/mol. The number of nitrogens with one attached hydrogen (secondary N) is 2. The molecule has 4 amide bonds. The predicted molar refractivity (Wildman–Crippen MR) is 77.8 cm³/mol. The van der Waals surface area contributed by atoms with Gasteiger partial charge < -0.3 is 10.1 Å². The van der Waals surface area contributed by atoms with Crippen LogP contribution in [0.25, 0.3) is 0 Å². The summed E-state index contributed by atoms with van der Waals surface area (Å²) < 4.78 is 5.69. The first-order chi connectivity index (χ1) is 9.67. The highest BCUT2D eigenvalue weighted by Crippen LogP contribution is 2.21. The summed E-state index contributed by atoms with van der Waals surface area (Å²) in [5, 5.41) is 8.80.